The zero-order valence-corrected chi connectivity index (χ0v) is 7.08. The van der Waals surface area contributed by atoms with Gasteiger partial charge >= 0.3 is 23.2 Å². The summed E-state index contributed by atoms with van der Waals surface area (Å²) in [6.07, 6.45) is -1.18. The van der Waals surface area contributed by atoms with Gasteiger partial charge in [0, 0.05) is 0 Å². The molecule has 0 aliphatic rings. The molecule has 44 valence electrons. The van der Waals surface area contributed by atoms with Gasteiger partial charge in [-0.3, -0.25) is 0 Å². The number of amides is 1. The minimum absolute atomic E-state index is 0. The Morgan fingerprint density at radius 3 is 1.71 bits per heavy atom. The molecule has 0 rings (SSSR count). The summed E-state index contributed by atoms with van der Waals surface area (Å²) < 4.78 is 0.472. The predicted octanol–water partition coefficient (Wildman–Crippen LogP) is -0.260. The molecule has 0 spiro atoms. The maximum atomic E-state index is 9.47. The van der Waals surface area contributed by atoms with Gasteiger partial charge < -0.3 is 5.11 Å². The molecule has 6 heteroatoms. The van der Waals surface area contributed by atoms with Gasteiger partial charge in [-0.25, -0.2) is 4.79 Å². The summed E-state index contributed by atoms with van der Waals surface area (Å²) in [5.41, 5.74) is 0. The normalized spacial score (nSPS) is 6.57. The first kappa shape index (κ1) is 10.5. The summed E-state index contributed by atoms with van der Waals surface area (Å²) >= 11 is 6.58. The van der Waals surface area contributed by atoms with E-state index in [1.165, 1.54) is 0 Å². The van der Waals surface area contributed by atoms with Gasteiger partial charge in [0.05, 0.1) is 0 Å². The molecule has 0 aliphatic heterocycles. The molecule has 1 N–H and O–H groups in total. The van der Waals surface area contributed by atoms with Crippen LogP contribution in [0.4, 0.5) is 4.79 Å². The molecule has 0 aromatic rings. The molecule has 0 radical (unpaired) electrons. The molecule has 0 saturated carbocycles. The molecular formula is CH5NO2S2Se. The Balaban J connectivity index is 0. The zero-order chi connectivity index (χ0) is 5.15. The van der Waals surface area contributed by atoms with E-state index >= 15 is 0 Å². The van der Waals surface area contributed by atoms with Crippen molar-refractivity contribution >= 4 is 48.8 Å². The Labute approximate surface area is 62.6 Å². The van der Waals surface area contributed by atoms with E-state index in [1.807, 2.05) is 0 Å². The summed E-state index contributed by atoms with van der Waals surface area (Å²) in [6, 6.07) is 0. The summed E-state index contributed by atoms with van der Waals surface area (Å²) in [5.74, 6) is 0. The van der Waals surface area contributed by atoms with E-state index in [1.54, 1.807) is 0 Å². The molecule has 0 aromatic carbocycles. The fourth-order valence-corrected chi connectivity index (χ4v) is 0. The molecule has 7 heavy (non-hydrogen) atoms. The molecule has 0 saturated heterocycles. The molecule has 0 aliphatic carbocycles. The number of hydrogen-bond acceptors (Lipinski definition) is 3. The van der Waals surface area contributed by atoms with Gasteiger partial charge in [0.1, 0.15) is 0 Å². The average Bonchev–Trinajstić information content (AvgIpc) is 1.36. The van der Waals surface area contributed by atoms with Crippen molar-refractivity contribution in [2.24, 2.45) is 0 Å². The molecule has 0 aromatic heterocycles. The second-order valence-corrected chi connectivity index (χ2v) is 1.69. The topological polar surface area (TPSA) is 40.5 Å². The van der Waals surface area contributed by atoms with Gasteiger partial charge in [0.15, 0.2) is 0 Å². The van der Waals surface area contributed by atoms with Crippen LogP contribution in [0.2, 0.25) is 0 Å². The van der Waals surface area contributed by atoms with Crippen LogP contribution in [-0.2, 0) is 0 Å². The third-order valence-corrected chi connectivity index (χ3v) is 0.513. The van der Waals surface area contributed by atoms with Crippen LogP contribution >= 0.6 is 25.6 Å². The quantitative estimate of drug-likeness (QED) is 0.377. The van der Waals surface area contributed by atoms with Crippen molar-refractivity contribution < 1.29 is 9.90 Å². The first-order valence-corrected chi connectivity index (χ1v) is 1.85. The number of carboxylic acid groups (broad SMARTS) is 1. The van der Waals surface area contributed by atoms with Crippen molar-refractivity contribution in [1.29, 1.82) is 0 Å². The molecule has 0 heterocycles. The van der Waals surface area contributed by atoms with Gasteiger partial charge in [-0.1, -0.05) is 0 Å². The van der Waals surface area contributed by atoms with E-state index in [4.69, 9.17) is 5.11 Å². The van der Waals surface area contributed by atoms with Gasteiger partial charge in [-0.05, 0) is 25.6 Å². The van der Waals surface area contributed by atoms with Crippen molar-refractivity contribution in [2.45, 2.75) is 0 Å². The van der Waals surface area contributed by atoms with Crippen molar-refractivity contribution in [2.75, 3.05) is 0 Å². The Hall–Kier alpha value is 0.489. The number of carbonyl (C=O) groups is 1. The Morgan fingerprint density at radius 1 is 1.57 bits per heavy atom. The van der Waals surface area contributed by atoms with Crippen LogP contribution in [0, 0.1) is 0 Å². The van der Waals surface area contributed by atoms with Crippen molar-refractivity contribution in [3.63, 3.8) is 0 Å². The van der Waals surface area contributed by atoms with E-state index in [0.29, 0.717) is 3.71 Å². The number of rotatable bonds is 0. The molecule has 1 amide bonds. The summed E-state index contributed by atoms with van der Waals surface area (Å²) in [4.78, 5) is 9.47. The van der Waals surface area contributed by atoms with Gasteiger partial charge in [0.25, 0.3) is 0 Å². The van der Waals surface area contributed by atoms with Crippen molar-refractivity contribution in [3.05, 3.63) is 0 Å². The van der Waals surface area contributed by atoms with E-state index in [9.17, 15) is 4.79 Å². The van der Waals surface area contributed by atoms with Crippen LogP contribution < -0.4 is 0 Å². The fourth-order valence-electron chi connectivity index (χ4n) is 0. The predicted molar refractivity (Wildman–Crippen MR) is 36.4 cm³/mol. The monoisotopic (exact) mass is 207 g/mol. The Morgan fingerprint density at radius 2 is 1.71 bits per heavy atom. The average molecular weight is 206 g/mol. The Kier molecular flexibility index (Phi) is 6.94. The van der Waals surface area contributed by atoms with E-state index in [-0.39, 0.29) is 17.1 Å². The zero-order valence-electron chi connectivity index (χ0n) is 3.20. The molecule has 0 fully saturated rings. The van der Waals surface area contributed by atoms with Crippen LogP contribution in [-0.4, -0.2) is 32.0 Å². The summed E-state index contributed by atoms with van der Waals surface area (Å²) in [7, 11) is 0. The SMILES string of the molecule is O=C(O)N(S)S.[SeH2]. The van der Waals surface area contributed by atoms with Crippen LogP contribution in [0.1, 0.15) is 0 Å². The van der Waals surface area contributed by atoms with Gasteiger partial charge in [-0.2, -0.15) is 3.71 Å². The summed E-state index contributed by atoms with van der Waals surface area (Å²) in [5, 5.41) is 7.76. The molecule has 0 bridgehead atoms. The van der Waals surface area contributed by atoms with E-state index < -0.39 is 6.09 Å². The van der Waals surface area contributed by atoms with E-state index in [0.717, 1.165) is 0 Å². The van der Waals surface area contributed by atoms with Crippen molar-refractivity contribution in [1.82, 2.24) is 3.71 Å². The second-order valence-electron chi connectivity index (χ2n) is 0.572. The van der Waals surface area contributed by atoms with E-state index in [2.05, 4.69) is 25.6 Å². The van der Waals surface area contributed by atoms with Crippen LogP contribution in [0.15, 0.2) is 0 Å². The van der Waals surface area contributed by atoms with Crippen LogP contribution in [0.3, 0.4) is 0 Å². The van der Waals surface area contributed by atoms with Gasteiger partial charge in [-0.15, -0.1) is 0 Å². The summed E-state index contributed by atoms with van der Waals surface area (Å²) in [6.45, 7) is 0. The van der Waals surface area contributed by atoms with Crippen LogP contribution in [0.25, 0.3) is 0 Å². The van der Waals surface area contributed by atoms with Crippen LogP contribution in [0.5, 0.6) is 0 Å². The first-order chi connectivity index (χ1) is 2.64. The number of hydrogen-bond donors (Lipinski definition) is 3. The molecule has 0 atom stereocenters. The maximum absolute atomic E-state index is 9.47. The first-order valence-electron chi connectivity index (χ1n) is 1.05. The molecule has 3 nitrogen and oxygen atoms in total. The Bertz CT molecular complexity index is 66.7. The fraction of sp³-hybridized carbons (Fsp3) is 0. The minimum atomic E-state index is -1.18. The third-order valence-electron chi connectivity index (χ3n) is 0.171. The number of nitrogens with zero attached hydrogens (tertiary/aromatic N) is 1. The van der Waals surface area contributed by atoms with Crippen molar-refractivity contribution in [3.8, 4) is 0 Å². The molecular weight excluding hydrogens is 201 g/mol. The second kappa shape index (κ2) is 4.64. The standard InChI is InChI=1S/CH3NO2S2.H2Se/c3-1(4)2(5)6;/h5-6H,(H,3,4);1H2. The third kappa shape index (κ3) is 6.49. The van der Waals surface area contributed by atoms with Gasteiger partial charge in [0.2, 0.25) is 0 Å². The molecule has 0 unspecified atom stereocenters. The number of thiol groups is 2.